The molecule has 0 atom stereocenters. The number of thiazole rings is 1. The Morgan fingerprint density at radius 2 is 1.91 bits per heavy atom. The van der Waals surface area contributed by atoms with Crippen LogP contribution in [0.3, 0.4) is 0 Å². The lowest BCUT2D eigenvalue weighted by Gasteiger charge is -2.08. The van der Waals surface area contributed by atoms with Gasteiger partial charge in [0.15, 0.2) is 0 Å². The molecule has 0 aliphatic rings. The lowest BCUT2D eigenvalue weighted by Crippen LogP contribution is -2.13. The number of anilines is 1. The van der Waals surface area contributed by atoms with Crippen molar-refractivity contribution in [3.63, 3.8) is 0 Å². The molecule has 6 heteroatoms. The maximum atomic E-state index is 12.4. The molecular formula is C17H17N3O2S. The maximum absolute atomic E-state index is 12.4. The zero-order chi connectivity index (χ0) is 16.7. The summed E-state index contributed by atoms with van der Waals surface area (Å²) in [7, 11) is 0. The van der Waals surface area contributed by atoms with Gasteiger partial charge in [-0.15, -0.1) is 11.3 Å². The van der Waals surface area contributed by atoms with Gasteiger partial charge in [-0.1, -0.05) is 6.07 Å². The van der Waals surface area contributed by atoms with Crippen LogP contribution >= 0.6 is 11.3 Å². The van der Waals surface area contributed by atoms with Crippen LogP contribution in [-0.4, -0.2) is 15.9 Å². The number of carbonyl (C=O) groups excluding carboxylic acids is 1. The van der Waals surface area contributed by atoms with Gasteiger partial charge in [0.2, 0.25) is 0 Å². The Kier molecular flexibility index (Phi) is 3.77. The molecule has 0 saturated heterocycles. The van der Waals surface area contributed by atoms with Gasteiger partial charge >= 0.3 is 0 Å². The van der Waals surface area contributed by atoms with Crippen molar-refractivity contribution in [2.45, 2.75) is 27.7 Å². The first-order chi connectivity index (χ1) is 10.9. The number of amides is 1. The van der Waals surface area contributed by atoms with Crippen LogP contribution in [0.2, 0.25) is 0 Å². The third kappa shape index (κ3) is 2.77. The van der Waals surface area contributed by atoms with E-state index in [2.05, 4.69) is 15.3 Å². The Morgan fingerprint density at radius 3 is 2.57 bits per heavy atom. The fraction of sp³-hybridized carbons (Fsp3) is 0.235. The predicted octanol–water partition coefficient (Wildman–Crippen LogP) is 3.47. The normalized spacial score (nSPS) is 11.0. The Hall–Kier alpha value is -2.47. The molecule has 0 bridgehead atoms. The number of hydrogen-bond donors (Lipinski definition) is 2. The number of pyridine rings is 1. The van der Waals surface area contributed by atoms with E-state index in [-0.39, 0.29) is 11.5 Å². The van der Waals surface area contributed by atoms with Crippen molar-refractivity contribution in [2.24, 2.45) is 0 Å². The average Bonchev–Trinajstić information content (AvgIpc) is 2.83. The van der Waals surface area contributed by atoms with Crippen molar-refractivity contribution >= 4 is 33.8 Å². The second kappa shape index (κ2) is 5.62. The molecule has 2 heterocycles. The molecule has 0 saturated carbocycles. The Labute approximate surface area is 137 Å². The first-order valence-corrected chi connectivity index (χ1v) is 8.07. The van der Waals surface area contributed by atoms with Crippen molar-refractivity contribution in [3.8, 4) is 0 Å². The molecule has 0 fully saturated rings. The van der Waals surface area contributed by atoms with Gasteiger partial charge in [-0.05, 0) is 45.4 Å². The molecule has 2 aromatic heterocycles. The highest BCUT2D eigenvalue weighted by molar-refractivity contribution is 7.13. The van der Waals surface area contributed by atoms with Crippen LogP contribution in [0, 0.1) is 27.7 Å². The molecule has 0 spiro atoms. The SMILES string of the molecule is Cc1nc(C)c(C(=O)Nc2ccc3c(C)c(C)c(=O)[nH]c3c2)s1. The van der Waals surface area contributed by atoms with Crippen molar-refractivity contribution < 1.29 is 4.79 Å². The number of carbonyl (C=O) groups is 1. The molecule has 0 aliphatic heterocycles. The Bertz CT molecular complexity index is 985. The molecule has 1 amide bonds. The van der Waals surface area contributed by atoms with Gasteiger partial charge in [0.05, 0.1) is 16.2 Å². The highest BCUT2D eigenvalue weighted by Crippen LogP contribution is 2.23. The number of nitrogens with zero attached hydrogens (tertiary/aromatic N) is 1. The molecule has 1 aromatic carbocycles. The standard InChI is InChI=1S/C17H17N3O2S/c1-8-9(2)16(21)20-14-7-12(5-6-13(8)14)19-17(22)15-10(3)18-11(4)23-15/h5-7H,1-4H3,(H,19,22)(H,20,21). The first-order valence-electron chi connectivity index (χ1n) is 7.25. The van der Waals surface area contributed by atoms with E-state index in [4.69, 9.17) is 0 Å². The van der Waals surface area contributed by atoms with Gasteiger partial charge in [-0.25, -0.2) is 4.98 Å². The number of rotatable bonds is 2. The van der Waals surface area contributed by atoms with Gasteiger partial charge in [0.1, 0.15) is 4.88 Å². The molecule has 23 heavy (non-hydrogen) atoms. The molecule has 118 valence electrons. The second-order valence-corrected chi connectivity index (χ2v) is 6.77. The first kappa shape index (κ1) is 15.4. The van der Waals surface area contributed by atoms with E-state index in [0.29, 0.717) is 21.6 Å². The van der Waals surface area contributed by atoms with E-state index in [9.17, 15) is 9.59 Å². The van der Waals surface area contributed by atoms with Gasteiger partial charge in [-0.3, -0.25) is 9.59 Å². The molecule has 0 aliphatic carbocycles. The van der Waals surface area contributed by atoms with Crippen molar-refractivity contribution in [2.75, 3.05) is 5.32 Å². The van der Waals surface area contributed by atoms with E-state index in [1.807, 2.05) is 32.9 Å². The minimum atomic E-state index is -0.182. The average molecular weight is 327 g/mol. The topological polar surface area (TPSA) is 74.8 Å². The van der Waals surface area contributed by atoms with Crippen LogP contribution in [0.4, 0.5) is 5.69 Å². The summed E-state index contributed by atoms with van der Waals surface area (Å²) in [5.74, 6) is -0.182. The summed E-state index contributed by atoms with van der Waals surface area (Å²) in [5.41, 5.74) is 3.65. The van der Waals surface area contributed by atoms with Crippen LogP contribution in [0.5, 0.6) is 0 Å². The highest BCUT2D eigenvalue weighted by atomic mass is 32.1. The Morgan fingerprint density at radius 1 is 1.17 bits per heavy atom. The van der Waals surface area contributed by atoms with Crippen LogP contribution < -0.4 is 10.9 Å². The number of nitrogens with one attached hydrogen (secondary N) is 2. The lowest BCUT2D eigenvalue weighted by molar-refractivity contribution is 0.103. The number of aromatic nitrogens is 2. The zero-order valence-corrected chi connectivity index (χ0v) is 14.2. The molecule has 0 radical (unpaired) electrons. The van der Waals surface area contributed by atoms with Crippen LogP contribution in [0.25, 0.3) is 10.9 Å². The summed E-state index contributed by atoms with van der Waals surface area (Å²) in [4.78, 5) is 32.0. The number of benzene rings is 1. The number of fused-ring (bicyclic) bond motifs is 1. The monoisotopic (exact) mass is 327 g/mol. The minimum absolute atomic E-state index is 0.104. The third-order valence-corrected chi connectivity index (χ3v) is 5.01. The summed E-state index contributed by atoms with van der Waals surface area (Å²) < 4.78 is 0. The summed E-state index contributed by atoms with van der Waals surface area (Å²) in [6.07, 6.45) is 0. The number of aromatic amines is 1. The molecule has 3 rings (SSSR count). The van der Waals surface area contributed by atoms with E-state index in [0.717, 1.165) is 21.7 Å². The minimum Gasteiger partial charge on any atom is -0.322 e. The van der Waals surface area contributed by atoms with Crippen molar-refractivity contribution in [3.05, 3.63) is 55.3 Å². The van der Waals surface area contributed by atoms with Crippen LogP contribution in [0.15, 0.2) is 23.0 Å². The largest absolute Gasteiger partial charge is 0.322 e. The van der Waals surface area contributed by atoms with E-state index >= 15 is 0 Å². The summed E-state index contributed by atoms with van der Waals surface area (Å²) >= 11 is 1.37. The molecular weight excluding hydrogens is 310 g/mol. The Balaban J connectivity index is 1.98. The van der Waals surface area contributed by atoms with Crippen molar-refractivity contribution in [1.29, 1.82) is 0 Å². The molecule has 0 unspecified atom stereocenters. The van der Waals surface area contributed by atoms with Crippen LogP contribution in [0.1, 0.15) is 31.5 Å². The van der Waals surface area contributed by atoms with E-state index < -0.39 is 0 Å². The van der Waals surface area contributed by atoms with Gasteiger partial charge in [-0.2, -0.15) is 0 Å². The highest BCUT2D eigenvalue weighted by Gasteiger charge is 2.14. The number of hydrogen-bond acceptors (Lipinski definition) is 4. The predicted molar refractivity (Wildman–Crippen MR) is 93.6 cm³/mol. The smallest absolute Gasteiger partial charge is 0.267 e. The number of aryl methyl sites for hydroxylation is 3. The quantitative estimate of drug-likeness (QED) is 0.757. The molecule has 3 aromatic rings. The molecule has 5 nitrogen and oxygen atoms in total. The summed E-state index contributed by atoms with van der Waals surface area (Å²) in [6.45, 7) is 7.43. The summed E-state index contributed by atoms with van der Waals surface area (Å²) in [5, 5.41) is 4.71. The zero-order valence-electron chi connectivity index (χ0n) is 13.4. The third-order valence-electron chi connectivity index (χ3n) is 3.94. The van der Waals surface area contributed by atoms with E-state index in [1.165, 1.54) is 11.3 Å². The lowest BCUT2D eigenvalue weighted by atomic mass is 10.1. The van der Waals surface area contributed by atoms with Gasteiger partial charge in [0.25, 0.3) is 11.5 Å². The fourth-order valence-electron chi connectivity index (χ4n) is 2.57. The second-order valence-electron chi connectivity index (χ2n) is 5.57. The van der Waals surface area contributed by atoms with Gasteiger partial charge in [0, 0.05) is 16.6 Å². The van der Waals surface area contributed by atoms with Crippen LogP contribution in [-0.2, 0) is 0 Å². The fourth-order valence-corrected chi connectivity index (χ4v) is 3.39. The number of H-pyrrole nitrogens is 1. The van der Waals surface area contributed by atoms with Crippen molar-refractivity contribution in [1.82, 2.24) is 9.97 Å². The summed E-state index contributed by atoms with van der Waals surface area (Å²) in [6, 6.07) is 5.53. The van der Waals surface area contributed by atoms with E-state index in [1.54, 1.807) is 13.0 Å². The maximum Gasteiger partial charge on any atom is 0.267 e. The van der Waals surface area contributed by atoms with Gasteiger partial charge < -0.3 is 10.3 Å². The molecule has 2 N–H and O–H groups in total.